The standard InChI is InChI=1S/C19H14IN3O4/c1-25-16-9-12(8-14(20)18(16)26-7-6-21)11-22-23-19(24)17-10-13-4-2-3-5-15(13)27-17/h2-5,8-11H,7H2,1H3,(H,23,24)/b22-11-. The Morgan fingerprint density at radius 1 is 1.37 bits per heavy atom. The van der Waals surface area contributed by atoms with Gasteiger partial charge in [-0.25, -0.2) is 5.43 Å². The maximum atomic E-state index is 12.2. The highest BCUT2D eigenvalue weighted by Gasteiger charge is 2.12. The zero-order chi connectivity index (χ0) is 19.2. The summed E-state index contributed by atoms with van der Waals surface area (Å²) >= 11 is 2.08. The predicted octanol–water partition coefficient (Wildman–Crippen LogP) is 3.71. The van der Waals surface area contributed by atoms with Crippen molar-refractivity contribution in [3.63, 3.8) is 0 Å². The number of rotatable bonds is 6. The fraction of sp³-hybridized carbons (Fsp3) is 0.105. The van der Waals surface area contributed by atoms with Gasteiger partial charge in [0, 0.05) is 5.39 Å². The number of nitrogens with one attached hydrogen (secondary N) is 1. The lowest BCUT2D eigenvalue weighted by molar-refractivity contribution is 0.0929. The number of hydrogen-bond donors (Lipinski definition) is 1. The Morgan fingerprint density at radius 2 is 2.19 bits per heavy atom. The number of carbonyl (C=O) groups excluding carboxylic acids is 1. The zero-order valence-corrected chi connectivity index (χ0v) is 16.4. The largest absolute Gasteiger partial charge is 0.493 e. The van der Waals surface area contributed by atoms with Gasteiger partial charge in [-0.05, 0) is 52.4 Å². The smallest absolute Gasteiger partial charge is 0.307 e. The first kappa shape index (κ1) is 18.7. The summed E-state index contributed by atoms with van der Waals surface area (Å²) in [5.41, 5.74) is 3.77. The van der Waals surface area contributed by atoms with Gasteiger partial charge in [-0.15, -0.1) is 0 Å². The summed E-state index contributed by atoms with van der Waals surface area (Å²) in [5.74, 6) is 0.698. The number of methoxy groups -OCH3 is 1. The van der Waals surface area contributed by atoms with E-state index in [0.29, 0.717) is 22.6 Å². The lowest BCUT2D eigenvalue weighted by Gasteiger charge is -2.11. The molecule has 0 fully saturated rings. The number of nitriles is 1. The van der Waals surface area contributed by atoms with E-state index < -0.39 is 5.91 Å². The number of nitrogens with zero attached hydrogens (tertiary/aromatic N) is 2. The summed E-state index contributed by atoms with van der Waals surface area (Å²) < 4.78 is 16.9. The molecule has 0 aliphatic carbocycles. The Hall–Kier alpha value is -3.06. The van der Waals surface area contributed by atoms with E-state index >= 15 is 0 Å². The average Bonchev–Trinajstić information content (AvgIpc) is 3.11. The molecule has 3 aromatic rings. The average molecular weight is 475 g/mol. The van der Waals surface area contributed by atoms with E-state index in [1.165, 1.54) is 13.3 Å². The van der Waals surface area contributed by atoms with E-state index in [9.17, 15) is 4.79 Å². The molecule has 0 aliphatic heterocycles. The number of furan rings is 1. The molecule has 0 unspecified atom stereocenters. The van der Waals surface area contributed by atoms with Crippen LogP contribution in [0.4, 0.5) is 0 Å². The minimum Gasteiger partial charge on any atom is -0.493 e. The summed E-state index contributed by atoms with van der Waals surface area (Å²) in [5, 5.41) is 13.5. The summed E-state index contributed by atoms with van der Waals surface area (Å²) in [6.45, 7) is -0.0760. The number of ether oxygens (including phenoxy) is 2. The van der Waals surface area contributed by atoms with Gasteiger partial charge in [0.2, 0.25) is 0 Å². The molecule has 2 aromatic carbocycles. The molecule has 0 spiro atoms. The maximum absolute atomic E-state index is 12.2. The van der Waals surface area contributed by atoms with Crippen molar-refractivity contribution >= 4 is 45.7 Å². The van der Waals surface area contributed by atoms with Crippen LogP contribution >= 0.6 is 22.6 Å². The van der Waals surface area contributed by atoms with Crippen LogP contribution in [0.5, 0.6) is 11.5 Å². The topological polar surface area (TPSA) is 96.8 Å². The van der Waals surface area contributed by atoms with E-state index in [4.69, 9.17) is 19.2 Å². The molecule has 3 rings (SSSR count). The minimum atomic E-state index is -0.446. The normalized spacial score (nSPS) is 10.7. The highest BCUT2D eigenvalue weighted by Crippen LogP contribution is 2.33. The van der Waals surface area contributed by atoms with E-state index in [1.54, 1.807) is 24.3 Å². The van der Waals surface area contributed by atoms with E-state index in [0.717, 1.165) is 8.96 Å². The molecule has 0 bridgehead atoms. The Kier molecular flexibility index (Phi) is 5.93. The third kappa shape index (κ3) is 4.38. The van der Waals surface area contributed by atoms with E-state index in [-0.39, 0.29) is 12.4 Å². The summed E-state index contributed by atoms with van der Waals surface area (Å²) in [6.07, 6.45) is 1.49. The lowest BCUT2D eigenvalue weighted by Crippen LogP contribution is -2.16. The van der Waals surface area contributed by atoms with Crippen molar-refractivity contribution in [2.24, 2.45) is 5.10 Å². The van der Waals surface area contributed by atoms with Crippen LogP contribution in [0.1, 0.15) is 16.1 Å². The summed E-state index contributed by atoms with van der Waals surface area (Å²) in [6, 6.07) is 14.4. The number of carbonyl (C=O) groups is 1. The van der Waals surface area contributed by atoms with Gasteiger partial charge < -0.3 is 13.9 Å². The number of fused-ring (bicyclic) bond motifs is 1. The van der Waals surface area contributed by atoms with Gasteiger partial charge in [0.05, 0.1) is 16.9 Å². The van der Waals surface area contributed by atoms with Crippen LogP contribution in [-0.4, -0.2) is 25.8 Å². The van der Waals surface area contributed by atoms with Gasteiger partial charge in [0.1, 0.15) is 11.7 Å². The van der Waals surface area contributed by atoms with Crippen LogP contribution in [0.15, 0.2) is 52.0 Å². The first-order valence-electron chi connectivity index (χ1n) is 7.81. The second-order valence-electron chi connectivity index (χ2n) is 5.33. The van der Waals surface area contributed by atoms with Crippen molar-refractivity contribution in [2.75, 3.05) is 13.7 Å². The fourth-order valence-electron chi connectivity index (χ4n) is 2.37. The van der Waals surface area contributed by atoms with Crippen molar-refractivity contribution < 1.29 is 18.7 Å². The first-order valence-corrected chi connectivity index (χ1v) is 8.89. The highest BCUT2D eigenvalue weighted by molar-refractivity contribution is 14.1. The molecule has 0 saturated carbocycles. The van der Waals surface area contributed by atoms with Crippen LogP contribution < -0.4 is 14.9 Å². The van der Waals surface area contributed by atoms with Gasteiger partial charge in [-0.3, -0.25) is 4.79 Å². The molecule has 7 nitrogen and oxygen atoms in total. The molecule has 0 atom stereocenters. The molecule has 0 saturated heterocycles. The molecule has 27 heavy (non-hydrogen) atoms. The number of para-hydroxylation sites is 1. The summed E-state index contributed by atoms with van der Waals surface area (Å²) in [4.78, 5) is 12.2. The van der Waals surface area contributed by atoms with E-state index in [2.05, 4.69) is 33.1 Å². The molecule has 0 radical (unpaired) electrons. The predicted molar refractivity (Wildman–Crippen MR) is 108 cm³/mol. The van der Waals surface area contributed by atoms with Crippen LogP contribution in [-0.2, 0) is 0 Å². The second kappa shape index (κ2) is 8.55. The second-order valence-corrected chi connectivity index (χ2v) is 6.49. The van der Waals surface area contributed by atoms with Gasteiger partial charge in [0.15, 0.2) is 23.9 Å². The van der Waals surface area contributed by atoms with Gasteiger partial charge in [-0.1, -0.05) is 18.2 Å². The molecule has 1 heterocycles. The van der Waals surface area contributed by atoms with Crippen molar-refractivity contribution in [1.29, 1.82) is 5.26 Å². The molecule has 1 amide bonds. The molecule has 136 valence electrons. The Morgan fingerprint density at radius 3 is 2.93 bits per heavy atom. The van der Waals surface area contributed by atoms with E-state index in [1.807, 2.05) is 24.3 Å². The van der Waals surface area contributed by atoms with Crippen LogP contribution in [0.3, 0.4) is 0 Å². The molecule has 0 aliphatic rings. The van der Waals surface area contributed by atoms with Crippen LogP contribution in [0.25, 0.3) is 11.0 Å². The Bertz CT molecular complexity index is 1020. The minimum absolute atomic E-state index is 0.0760. The van der Waals surface area contributed by atoms with Crippen molar-refractivity contribution in [1.82, 2.24) is 5.43 Å². The molecular formula is C19H14IN3O4. The van der Waals surface area contributed by atoms with Gasteiger partial charge in [0.25, 0.3) is 0 Å². The quantitative estimate of drug-likeness (QED) is 0.333. The number of amides is 1. The zero-order valence-electron chi connectivity index (χ0n) is 14.2. The molecule has 8 heteroatoms. The lowest BCUT2D eigenvalue weighted by atomic mass is 10.2. The Labute approximate surface area is 168 Å². The summed E-state index contributed by atoms with van der Waals surface area (Å²) in [7, 11) is 1.51. The van der Waals surface area contributed by atoms with Crippen molar-refractivity contribution in [3.05, 3.63) is 57.4 Å². The third-order valence-electron chi connectivity index (χ3n) is 3.56. The number of hydrazone groups is 1. The fourth-order valence-corrected chi connectivity index (χ4v) is 3.15. The van der Waals surface area contributed by atoms with Crippen molar-refractivity contribution in [2.45, 2.75) is 0 Å². The monoisotopic (exact) mass is 475 g/mol. The van der Waals surface area contributed by atoms with Crippen LogP contribution in [0.2, 0.25) is 0 Å². The molecule has 1 aromatic heterocycles. The number of benzene rings is 2. The van der Waals surface area contributed by atoms with Gasteiger partial charge >= 0.3 is 5.91 Å². The number of halogens is 1. The first-order chi connectivity index (χ1) is 13.1. The van der Waals surface area contributed by atoms with Crippen LogP contribution in [0, 0.1) is 14.9 Å². The van der Waals surface area contributed by atoms with Gasteiger partial charge in [-0.2, -0.15) is 10.4 Å². The SMILES string of the molecule is COc1cc(/C=N\NC(=O)c2cc3ccccc3o2)cc(I)c1OCC#N. The number of hydrogen-bond acceptors (Lipinski definition) is 6. The Balaban J connectivity index is 1.72. The maximum Gasteiger partial charge on any atom is 0.307 e. The molecular weight excluding hydrogens is 461 g/mol. The highest BCUT2D eigenvalue weighted by atomic mass is 127. The molecule has 1 N–H and O–H groups in total. The van der Waals surface area contributed by atoms with Crippen molar-refractivity contribution in [3.8, 4) is 17.6 Å². The third-order valence-corrected chi connectivity index (χ3v) is 4.36.